The molecule has 2 amide bonds. The molecule has 4 nitrogen and oxygen atoms in total. The number of piperazine rings is 1. The van der Waals surface area contributed by atoms with Crippen molar-refractivity contribution in [3.63, 3.8) is 0 Å². The summed E-state index contributed by atoms with van der Waals surface area (Å²) in [6.45, 7) is 8.25. The Morgan fingerprint density at radius 3 is 2.20 bits per heavy atom. The predicted molar refractivity (Wildman–Crippen MR) is 79.7 cm³/mol. The molecule has 0 radical (unpaired) electrons. The number of hydrogen-bond donors (Lipinski definition) is 1. The lowest BCUT2D eigenvalue weighted by atomic mass is 9.97. The first kappa shape index (κ1) is 14.6. The molecule has 20 heavy (non-hydrogen) atoms. The van der Waals surface area contributed by atoms with Crippen LogP contribution in [0.4, 0.5) is 5.69 Å². The lowest BCUT2D eigenvalue weighted by Crippen LogP contribution is -2.60. The van der Waals surface area contributed by atoms with E-state index in [9.17, 15) is 9.59 Å². The van der Waals surface area contributed by atoms with Crippen molar-refractivity contribution in [3.8, 4) is 0 Å². The van der Waals surface area contributed by atoms with Gasteiger partial charge in [0.15, 0.2) is 0 Å². The molecular weight excluding hydrogens is 252 g/mol. The van der Waals surface area contributed by atoms with E-state index in [1.54, 1.807) is 4.90 Å². The van der Waals surface area contributed by atoms with Gasteiger partial charge in [-0.15, -0.1) is 0 Å². The Morgan fingerprint density at radius 2 is 1.70 bits per heavy atom. The number of amides is 2. The highest BCUT2D eigenvalue weighted by Crippen LogP contribution is 2.25. The van der Waals surface area contributed by atoms with E-state index < -0.39 is 6.04 Å². The minimum atomic E-state index is -0.429. The van der Waals surface area contributed by atoms with Crippen LogP contribution in [0.2, 0.25) is 0 Å². The highest BCUT2D eigenvalue weighted by atomic mass is 16.2. The number of benzene rings is 1. The summed E-state index contributed by atoms with van der Waals surface area (Å²) in [5.41, 5.74) is 2.02. The van der Waals surface area contributed by atoms with Gasteiger partial charge in [0.25, 0.3) is 0 Å². The molecule has 4 heteroatoms. The largest absolute Gasteiger partial charge is 0.345 e. The standard InChI is InChI=1S/C16H22N2O2/c1-10(2)12-5-7-13(8-6-12)18-14(19)9-17-16(20)15(18)11(3)4/h5-8,10-11,15H,9H2,1-4H3,(H,17,20). The Bertz CT molecular complexity index is 506. The minimum absolute atomic E-state index is 0.0550. The van der Waals surface area contributed by atoms with Gasteiger partial charge in [0.05, 0.1) is 6.54 Å². The molecule has 0 spiro atoms. The summed E-state index contributed by atoms with van der Waals surface area (Å²) in [5, 5.41) is 2.66. The zero-order chi connectivity index (χ0) is 14.9. The van der Waals surface area contributed by atoms with Crippen LogP contribution in [0.15, 0.2) is 24.3 Å². The van der Waals surface area contributed by atoms with Gasteiger partial charge in [-0.1, -0.05) is 39.8 Å². The summed E-state index contributed by atoms with van der Waals surface area (Å²) in [7, 11) is 0. The van der Waals surface area contributed by atoms with Crippen molar-refractivity contribution in [2.24, 2.45) is 5.92 Å². The summed E-state index contributed by atoms with van der Waals surface area (Å²) in [4.78, 5) is 25.9. The Balaban J connectivity index is 2.35. The van der Waals surface area contributed by atoms with Gasteiger partial charge in [-0.2, -0.15) is 0 Å². The van der Waals surface area contributed by atoms with Crippen LogP contribution >= 0.6 is 0 Å². The third kappa shape index (κ3) is 2.69. The zero-order valence-corrected chi connectivity index (χ0v) is 12.5. The van der Waals surface area contributed by atoms with E-state index in [2.05, 4.69) is 19.2 Å². The van der Waals surface area contributed by atoms with Crippen LogP contribution in [0.5, 0.6) is 0 Å². The number of nitrogens with zero attached hydrogens (tertiary/aromatic N) is 1. The van der Waals surface area contributed by atoms with Crippen molar-refractivity contribution in [2.45, 2.75) is 39.7 Å². The van der Waals surface area contributed by atoms with E-state index in [0.29, 0.717) is 5.92 Å². The van der Waals surface area contributed by atoms with Gasteiger partial charge < -0.3 is 5.32 Å². The fourth-order valence-electron chi connectivity index (χ4n) is 2.55. The molecule has 1 atom stereocenters. The maximum atomic E-state index is 12.2. The molecule has 0 bridgehead atoms. The van der Waals surface area contributed by atoms with Gasteiger partial charge in [-0.25, -0.2) is 0 Å². The van der Waals surface area contributed by atoms with E-state index in [4.69, 9.17) is 0 Å². The molecule has 1 aliphatic rings. The van der Waals surface area contributed by atoms with Crippen LogP contribution in [-0.4, -0.2) is 24.4 Å². The molecule has 1 aromatic carbocycles. The van der Waals surface area contributed by atoms with E-state index in [-0.39, 0.29) is 24.3 Å². The molecule has 1 aromatic rings. The van der Waals surface area contributed by atoms with Gasteiger partial charge in [0.2, 0.25) is 11.8 Å². The molecule has 1 heterocycles. The average Bonchev–Trinajstić information content (AvgIpc) is 2.40. The maximum Gasteiger partial charge on any atom is 0.247 e. The number of hydrogen-bond acceptors (Lipinski definition) is 2. The second-order valence-electron chi connectivity index (χ2n) is 5.92. The van der Waals surface area contributed by atoms with Crippen molar-refractivity contribution in [3.05, 3.63) is 29.8 Å². The fraction of sp³-hybridized carbons (Fsp3) is 0.500. The number of anilines is 1. The quantitative estimate of drug-likeness (QED) is 0.919. The van der Waals surface area contributed by atoms with Crippen LogP contribution in [0.25, 0.3) is 0 Å². The molecule has 0 aromatic heterocycles. The Kier molecular flexibility index (Phi) is 4.12. The van der Waals surface area contributed by atoms with Crippen molar-refractivity contribution >= 4 is 17.5 Å². The van der Waals surface area contributed by atoms with Gasteiger partial charge in [-0.05, 0) is 29.5 Å². The molecule has 1 fully saturated rings. The molecule has 2 rings (SSSR count). The van der Waals surface area contributed by atoms with Crippen molar-refractivity contribution in [1.29, 1.82) is 0 Å². The molecule has 0 aliphatic carbocycles. The lowest BCUT2D eigenvalue weighted by Gasteiger charge is -2.37. The summed E-state index contributed by atoms with van der Waals surface area (Å²) < 4.78 is 0. The third-order valence-corrected chi connectivity index (χ3v) is 3.70. The highest BCUT2D eigenvalue weighted by Gasteiger charge is 2.37. The smallest absolute Gasteiger partial charge is 0.247 e. The van der Waals surface area contributed by atoms with Crippen LogP contribution in [-0.2, 0) is 9.59 Å². The summed E-state index contributed by atoms with van der Waals surface area (Å²) >= 11 is 0. The van der Waals surface area contributed by atoms with Gasteiger partial charge in [0.1, 0.15) is 6.04 Å². The predicted octanol–water partition coefficient (Wildman–Crippen LogP) is 2.30. The first-order valence-electron chi connectivity index (χ1n) is 7.11. The topological polar surface area (TPSA) is 49.4 Å². The Morgan fingerprint density at radius 1 is 1.10 bits per heavy atom. The fourth-order valence-corrected chi connectivity index (χ4v) is 2.55. The van der Waals surface area contributed by atoms with Crippen LogP contribution < -0.4 is 10.2 Å². The molecule has 1 unspecified atom stereocenters. The number of carbonyl (C=O) groups excluding carboxylic acids is 2. The van der Waals surface area contributed by atoms with E-state index >= 15 is 0 Å². The van der Waals surface area contributed by atoms with E-state index in [0.717, 1.165) is 5.69 Å². The molecular formula is C16H22N2O2. The SMILES string of the molecule is CC(C)c1ccc(N2C(=O)CNC(=O)C2C(C)C)cc1. The second-order valence-corrected chi connectivity index (χ2v) is 5.92. The van der Waals surface area contributed by atoms with Crippen molar-refractivity contribution in [1.82, 2.24) is 5.32 Å². The monoisotopic (exact) mass is 274 g/mol. The number of nitrogens with one attached hydrogen (secondary N) is 1. The van der Waals surface area contributed by atoms with Crippen LogP contribution in [0.3, 0.4) is 0 Å². The summed E-state index contributed by atoms with van der Waals surface area (Å²) in [6.07, 6.45) is 0. The van der Waals surface area contributed by atoms with Gasteiger partial charge in [-0.3, -0.25) is 14.5 Å². The van der Waals surface area contributed by atoms with Crippen LogP contribution in [0.1, 0.15) is 39.2 Å². The van der Waals surface area contributed by atoms with Crippen LogP contribution in [0, 0.1) is 5.92 Å². The van der Waals surface area contributed by atoms with Crippen molar-refractivity contribution in [2.75, 3.05) is 11.4 Å². The zero-order valence-electron chi connectivity index (χ0n) is 12.5. The summed E-state index contributed by atoms with van der Waals surface area (Å²) in [5.74, 6) is 0.391. The maximum absolute atomic E-state index is 12.2. The first-order valence-corrected chi connectivity index (χ1v) is 7.11. The van der Waals surface area contributed by atoms with E-state index in [1.807, 2.05) is 38.1 Å². The van der Waals surface area contributed by atoms with Crippen molar-refractivity contribution < 1.29 is 9.59 Å². The number of rotatable bonds is 3. The van der Waals surface area contributed by atoms with Gasteiger partial charge in [0, 0.05) is 5.69 Å². The lowest BCUT2D eigenvalue weighted by molar-refractivity contribution is -0.131. The molecule has 0 saturated carbocycles. The molecule has 1 aliphatic heterocycles. The highest BCUT2D eigenvalue weighted by molar-refractivity contribution is 6.06. The first-order chi connectivity index (χ1) is 9.41. The second kappa shape index (κ2) is 5.65. The molecule has 1 N–H and O–H groups in total. The minimum Gasteiger partial charge on any atom is -0.345 e. The summed E-state index contributed by atoms with van der Waals surface area (Å²) in [6, 6.07) is 7.48. The normalized spacial score (nSPS) is 19.7. The Labute approximate surface area is 120 Å². The van der Waals surface area contributed by atoms with E-state index in [1.165, 1.54) is 5.56 Å². The molecule has 108 valence electrons. The third-order valence-electron chi connectivity index (χ3n) is 3.70. The molecule has 1 saturated heterocycles. The average molecular weight is 274 g/mol. The van der Waals surface area contributed by atoms with Gasteiger partial charge >= 0.3 is 0 Å². The number of carbonyl (C=O) groups is 2. The Hall–Kier alpha value is -1.84.